The number of rotatable bonds is 6. The van der Waals surface area contributed by atoms with Crippen molar-refractivity contribution in [1.82, 2.24) is 4.90 Å². The third-order valence-electron chi connectivity index (χ3n) is 3.33. The van der Waals surface area contributed by atoms with Crippen molar-refractivity contribution >= 4 is 36.4 Å². The molecule has 0 spiro atoms. The number of anilines is 1. The molecule has 0 aliphatic heterocycles. The molecule has 2 aromatic carbocycles. The number of halogens is 2. The second kappa shape index (κ2) is 11.0. The molecule has 1 amide bonds. The van der Waals surface area contributed by atoms with Crippen LogP contribution in [0.25, 0.3) is 0 Å². The zero-order valence-corrected chi connectivity index (χ0v) is 15.6. The minimum absolute atomic E-state index is 0. The lowest BCUT2D eigenvalue weighted by atomic mass is 10.1. The van der Waals surface area contributed by atoms with Crippen LogP contribution in [-0.4, -0.2) is 30.9 Å². The molecule has 6 heteroatoms. The number of carbonyl (C=O) groups excluding carboxylic acids is 1. The van der Waals surface area contributed by atoms with Gasteiger partial charge >= 0.3 is 0 Å². The Bertz CT molecular complexity index is 621. The molecule has 0 aliphatic carbocycles. The molecule has 0 unspecified atom stereocenters. The third kappa shape index (κ3) is 7.32. The van der Waals surface area contributed by atoms with E-state index < -0.39 is 6.04 Å². The van der Waals surface area contributed by atoms with E-state index >= 15 is 0 Å². The van der Waals surface area contributed by atoms with Gasteiger partial charge in [-0.05, 0) is 43.8 Å². The molecule has 0 radical (unpaired) electrons. The van der Waals surface area contributed by atoms with Crippen molar-refractivity contribution in [2.45, 2.75) is 19.0 Å². The highest BCUT2D eigenvalue weighted by atomic mass is 35.5. The lowest BCUT2D eigenvalue weighted by Gasteiger charge is -2.14. The van der Waals surface area contributed by atoms with Crippen LogP contribution in [0.3, 0.4) is 0 Å². The van der Waals surface area contributed by atoms with Crippen LogP contribution in [0, 0.1) is 0 Å². The summed E-state index contributed by atoms with van der Waals surface area (Å²) in [6.07, 6.45) is 0.532. The topological polar surface area (TPSA) is 58.4 Å². The monoisotopic (exact) mass is 369 g/mol. The van der Waals surface area contributed by atoms with Gasteiger partial charge in [0, 0.05) is 12.2 Å². The normalized spacial score (nSPS) is 11.2. The van der Waals surface area contributed by atoms with Crippen molar-refractivity contribution in [3.63, 3.8) is 0 Å². The minimum Gasteiger partial charge on any atom is -0.325 e. The number of benzene rings is 2. The van der Waals surface area contributed by atoms with Gasteiger partial charge in [0.1, 0.15) is 0 Å². The first kappa shape index (κ1) is 22.4. The average molecular weight is 370 g/mol. The van der Waals surface area contributed by atoms with Crippen molar-refractivity contribution in [2.24, 2.45) is 5.73 Å². The maximum atomic E-state index is 12.2. The molecule has 0 heterocycles. The van der Waals surface area contributed by atoms with Gasteiger partial charge in [-0.2, -0.15) is 0 Å². The lowest BCUT2D eigenvalue weighted by molar-refractivity contribution is -0.117. The van der Waals surface area contributed by atoms with Crippen LogP contribution in [0.15, 0.2) is 54.6 Å². The predicted molar refractivity (Wildman–Crippen MR) is 105 cm³/mol. The zero-order valence-electron chi connectivity index (χ0n) is 13.9. The van der Waals surface area contributed by atoms with Crippen LogP contribution in [0.5, 0.6) is 0 Å². The van der Waals surface area contributed by atoms with Gasteiger partial charge in [-0.3, -0.25) is 4.79 Å². The second-order valence-corrected chi connectivity index (χ2v) is 5.72. The Hall–Kier alpha value is -1.59. The van der Waals surface area contributed by atoms with E-state index in [1.807, 2.05) is 68.7 Å². The fraction of sp³-hybridized carbons (Fsp3) is 0.278. The molecule has 0 bridgehead atoms. The first-order chi connectivity index (χ1) is 10.5. The Morgan fingerprint density at radius 3 is 2.29 bits per heavy atom. The molecule has 0 fully saturated rings. The molecule has 0 aromatic heterocycles. The highest BCUT2D eigenvalue weighted by Gasteiger charge is 2.14. The Morgan fingerprint density at radius 2 is 1.67 bits per heavy atom. The van der Waals surface area contributed by atoms with Crippen LogP contribution in [0.2, 0.25) is 0 Å². The van der Waals surface area contributed by atoms with Crippen molar-refractivity contribution in [3.8, 4) is 0 Å². The number of nitrogens with two attached hydrogens (primary N) is 1. The molecule has 1 atom stereocenters. The molecule has 2 aromatic rings. The van der Waals surface area contributed by atoms with Crippen molar-refractivity contribution in [3.05, 3.63) is 65.7 Å². The van der Waals surface area contributed by atoms with Gasteiger partial charge in [0.25, 0.3) is 0 Å². The van der Waals surface area contributed by atoms with Gasteiger partial charge in [0.15, 0.2) is 0 Å². The summed E-state index contributed by atoms with van der Waals surface area (Å²) in [6.45, 7) is 0.833. The SMILES string of the molecule is CN(C)Cc1cccc(NC(=O)[C@@H](N)Cc2ccccc2)c1.Cl.Cl. The predicted octanol–water partition coefficient (Wildman–Crippen LogP) is 3.10. The Labute approximate surface area is 156 Å². The Morgan fingerprint density at radius 1 is 1.04 bits per heavy atom. The fourth-order valence-electron chi connectivity index (χ4n) is 2.31. The minimum atomic E-state index is -0.556. The van der Waals surface area contributed by atoms with Crippen LogP contribution in [0.1, 0.15) is 11.1 Å². The third-order valence-corrected chi connectivity index (χ3v) is 3.33. The van der Waals surface area contributed by atoms with Crippen molar-refractivity contribution in [1.29, 1.82) is 0 Å². The quantitative estimate of drug-likeness (QED) is 0.822. The van der Waals surface area contributed by atoms with E-state index in [1.54, 1.807) is 0 Å². The van der Waals surface area contributed by atoms with Gasteiger partial charge in [-0.25, -0.2) is 0 Å². The molecule has 3 N–H and O–H groups in total. The van der Waals surface area contributed by atoms with E-state index in [1.165, 1.54) is 0 Å². The van der Waals surface area contributed by atoms with Gasteiger partial charge in [0.05, 0.1) is 6.04 Å². The summed E-state index contributed by atoms with van der Waals surface area (Å²) in [4.78, 5) is 14.3. The summed E-state index contributed by atoms with van der Waals surface area (Å²) in [7, 11) is 4.03. The van der Waals surface area contributed by atoms with E-state index in [-0.39, 0.29) is 30.7 Å². The fourth-order valence-corrected chi connectivity index (χ4v) is 2.31. The number of nitrogens with one attached hydrogen (secondary N) is 1. The summed E-state index contributed by atoms with van der Waals surface area (Å²) in [5.74, 6) is -0.161. The Kier molecular flexibility index (Phi) is 10.3. The van der Waals surface area contributed by atoms with E-state index in [9.17, 15) is 4.79 Å². The lowest BCUT2D eigenvalue weighted by Crippen LogP contribution is -2.37. The van der Waals surface area contributed by atoms with Crippen molar-refractivity contribution in [2.75, 3.05) is 19.4 Å². The Balaban J connectivity index is 0.00000264. The molecular formula is C18H25Cl2N3O. The molecule has 0 saturated carbocycles. The first-order valence-electron chi connectivity index (χ1n) is 7.38. The smallest absolute Gasteiger partial charge is 0.241 e. The molecular weight excluding hydrogens is 345 g/mol. The second-order valence-electron chi connectivity index (χ2n) is 5.72. The number of nitrogens with zero attached hydrogens (tertiary/aromatic N) is 1. The van der Waals surface area contributed by atoms with Gasteiger partial charge in [-0.1, -0.05) is 42.5 Å². The maximum Gasteiger partial charge on any atom is 0.241 e. The van der Waals surface area contributed by atoms with E-state index in [0.717, 1.165) is 23.4 Å². The van der Waals surface area contributed by atoms with Crippen LogP contribution >= 0.6 is 24.8 Å². The number of amides is 1. The molecule has 0 aliphatic rings. The molecule has 132 valence electrons. The van der Waals surface area contributed by atoms with Crippen LogP contribution in [-0.2, 0) is 17.8 Å². The van der Waals surface area contributed by atoms with Gasteiger partial charge in [-0.15, -0.1) is 24.8 Å². The van der Waals surface area contributed by atoms with Gasteiger partial charge < -0.3 is 16.0 Å². The summed E-state index contributed by atoms with van der Waals surface area (Å²) in [5.41, 5.74) is 8.99. The largest absolute Gasteiger partial charge is 0.325 e. The summed E-state index contributed by atoms with van der Waals surface area (Å²) >= 11 is 0. The molecule has 4 nitrogen and oxygen atoms in total. The van der Waals surface area contributed by atoms with E-state index in [2.05, 4.69) is 10.2 Å². The first-order valence-corrected chi connectivity index (χ1v) is 7.38. The highest BCUT2D eigenvalue weighted by Crippen LogP contribution is 2.12. The number of hydrogen-bond donors (Lipinski definition) is 2. The summed E-state index contributed by atoms with van der Waals surface area (Å²) < 4.78 is 0. The molecule has 0 saturated heterocycles. The molecule has 2 rings (SSSR count). The summed E-state index contributed by atoms with van der Waals surface area (Å²) in [5, 5.41) is 2.89. The van der Waals surface area contributed by atoms with Crippen LogP contribution in [0.4, 0.5) is 5.69 Å². The summed E-state index contributed by atoms with van der Waals surface area (Å²) in [6, 6.07) is 17.1. The number of carbonyl (C=O) groups is 1. The number of hydrogen-bond acceptors (Lipinski definition) is 3. The van der Waals surface area contributed by atoms with E-state index in [0.29, 0.717) is 6.42 Å². The zero-order chi connectivity index (χ0) is 15.9. The standard InChI is InChI=1S/C18H23N3O.2ClH/c1-21(2)13-15-9-6-10-16(11-15)20-18(22)17(19)12-14-7-4-3-5-8-14;;/h3-11,17H,12-13,19H2,1-2H3,(H,20,22);2*1H/t17-;;/m0../s1. The average Bonchev–Trinajstić information content (AvgIpc) is 2.48. The maximum absolute atomic E-state index is 12.2. The van der Waals surface area contributed by atoms with Crippen LogP contribution < -0.4 is 11.1 Å². The van der Waals surface area contributed by atoms with E-state index in [4.69, 9.17) is 5.73 Å². The van der Waals surface area contributed by atoms with Gasteiger partial charge in [0.2, 0.25) is 5.91 Å². The highest BCUT2D eigenvalue weighted by molar-refractivity contribution is 5.94. The van der Waals surface area contributed by atoms with Crippen molar-refractivity contribution < 1.29 is 4.79 Å². The molecule has 24 heavy (non-hydrogen) atoms.